The molecule has 0 atom stereocenters. The van der Waals surface area contributed by atoms with Gasteiger partial charge in [-0.1, -0.05) is 0 Å². The first-order valence-electron chi connectivity index (χ1n) is 5.41. The summed E-state index contributed by atoms with van der Waals surface area (Å²) in [6.07, 6.45) is 3.42. The molecule has 0 fully saturated rings. The van der Waals surface area contributed by atoms with E-state index in [0.717, 1.165) is 27.7 Å². The van der Waals surface area contributed by atoms with Crippen molar-refractivity contribution in [3.8, 4) is 17.0 Å². The molecule has 17 heavy (non-hydrogen) atoms. The number of hydrogen-bond donors (Lipinski definition) is 1. The maximum Gasteiger partial charge on any atom is 0.150 e. The van der Waals surface area contributed by atoms with Gasteiger partial charge < -0.3 is 10.1 Å². The third-order valence-electron chi connectivity index (χ3n) is 2.66. The lowest BCUT2D eigenvalue weighted by atomic mass is 10.1. The summed E-state index contributed by atoms with van der Waals surface area (Å²) in [5, 5.41) is 4.27. The number of fused-ring (bicyclic) bond motifs is 1. The first-order valence-corrected chi connectivity index (χ1v) is 6.22. The lowest BCUT2D eigenvalue weighted by molar-refractivity contribution is 0.477. The second-order valence-electron chi connectivity index (χ2n) is 3.91. The summed E-state index contributed by atoms with van der Waals surface area (Å²) in [4.78, 5) is 5.81. The Morgan fingerprint density at radius 1 is 1.29 bits per heavy atom. The van der Waals surface area contributed by atoms with Gasteiger partial charge in [0.15, 0.2) is 0 Å². The average Bonchev–Trinajstić information content (AvgIpc) is 2.68. The van der Waals surface area contributed by atoms with Crippen LogP contribution < -0.4 is 10.1 Å². The summed E-state index contributed by atoms with van der Waals surface area (Å²) >= 11 is 1.72. The van der Waals surface area contributed by atoms with Crippen LogP contribution in [0.1, 0.15) is 9.88 Å². The molecule has 2 heterocycles. The molecular weight excluding hydrogens is 232 g/mol. The third-order valence-corrected chi connectivity index (χ3v) is 3.54. The van der Waals surface area contributed by atoms with E-state index in [9.17, 15) is 0 Å². The number of aryl methyl sites for hydroxylation is 2. The summed E-state index contributed by atoms with van der Waals surface area (Å²) in [5.41, 5.74) is 3.17. The van der Waals surface area contributed by atoms with E-state index >= 15 is 0 Å². The number of rotatable bonds is 1. The minimum atomic E-state index is 0.848. The van der Waals surface area contributed by atoms with Gasteiger partial charge in [-0.2, -0.15) is 0 Å². The fourth-order valence-electron chi connectivity index (χ4n) is 1.92. The zero-order chi connectivity index (χ0) is 11.8. The number of nitrogens with one attached hydrogen (secondary N) is 1. The largest absolute Gasteiger partial charge is 0.461 e. The molecule has 2 aromatic rings. The van der Waals surface area contributed by atoms with Crippen LogP contribution in [0.25, 0.3) is 11.3 Å². The highest BCUT2D eigenvalue weighted by Crippen LogP contribution is 2.34. The zero-order valence-corrected chi connectivity index (χ0v) is 10.5. The van der Waals surface area contributed by atoms with Crippen molar-refractivity contribution in [3.05, 3.63) is 40.5 Å². The molecule has 0 saturated heterocycles. The minimum absolute atomic E-state index is 0.848. The molecule has 0 bridgehead atoms. The van der Waals surface area contributed by atoms with Crippen LogP contribution in [0.5, 0.6) is 5.75 Å². The molecule has 1 N–H and O–H groups in total. The minimum Gasteiger partial charge on any atom is -0.461 e. The maximum atomic E-state index is 5.39. The van der Waals surface area contributed by atoms with Crippen LogP contribution in [0.4, 0.5) is 5.69 Å². The molecule has 1 aliphatic heterocycles. The van der Waals surface area contributed by atoms with Gasteiger partial charge in [0.1, 0.15) is 12.0 Å². The standard InChI is InChI=1S/C13H12N2OS/c1-8-13(15-9(2)17-8)10-3-4-12-11(7-10)14-5-6-16-12/h3-7,14H,1-2H3. The van der Waals surface area contributed by atoms with E-state index in [0.29, 0.717) is 0 Å². The van der Waals surface area contributed by atoms with Crippen LogP contribution in [0.2, 0.25) is 0 Å². The molecule has 3 nitrogen and oxygen atoms in total. The number of nitrogens with zero attached hydrogens (tertiary/aromatic N) is 1. The van der Waals surface area contributed by atoms with E-state index in [1.807, 2.05) is 19.1 Å². The van der Waals surface area contributed by atoms with Gasteiger partial charge in [-0.05, 0) is 32.0 Å². The molecule has 0 saturated carbocycles. The summed E-state index contributed by atoms with van der Waals surface area (Å²) in [6, 6.07) is 6.08. The van der Waals surface area contributed by atoms with Crippen molar-refractivity contribution in [1.82, 2.24) is 4.98 Å². The van der Waals surface area contributed by atoms with E-state index in [-0.39, 0.29) is 0 Å². The second kappa shape index (κ2) is 3.89. The second-order valence-corrected chi connectivity index (χ2v) is 5.32. The quantitative estimate of drug-likeness (QED) is 0.830. The smallest absolute Gasteiger partial charge is 0.150 e. The molecule has 0 unspecified atom stereocenters. The number of thiazole rings is 1. The molecule has 0 spiro atoms. The average molecular weight is 244 g/mol. The highest BCUT2D eigenvalue weighted by atomic mass is 32.1. The molecular formula is C13H12N2OS. The van der Waals surface area contributed by atoms with E-state index in [4.69, 9.17) is 4.74 Å². The van der Waals surface area contributed by atoms with Gasteiger partial charge in [0, 0.05) is 16.6 Å². The van der Waals surface area contributed by atoms with Crippen LogP contribution in [0, 0.1) is 13.8 Å². The third kappa shape index (κ3) is 1.80. The topological polar surface area (TPSA) is 34.2 Å². The van der Waals surface area contributed by atoms with Gasteiger partial charge in [0.25, 0.3) is 0 Å². The number of anilines is 1. The van der Waals surface area contributed by atoms with Gasteiger partial charge in [-0.25, -0.2) is 4.98 Å². The number of ether oxygens (including phenoxy) is 1. The van der Waals surface area contributed by atoms with Crippen molar-refractivity contribution < 1.29 is 4.74 Å². The Hall–Kier alpha value is -1.81. The maximum absolute atomic E-state index is 5.39. The van der Waals surface area contributed by atoms with Crippen LogP contribution in [-0.2, 0) is 0 Å². The van der Waals surface area contributed by atoms with Gasteiger partial charge >= 0.3 is 0 Å². The Kier molecular flexibility index (Phi) is 2.37. The summed E-state index contributed by atoms with van der Waals surface area (Å²) in [5.74, 6) is 0.848. The molecule has 3 rings (SSSR count). The highest BCUT2D eigenvalue weighted by molar-refractivity contribution is 7.11. The fourth-order valence-corrected chi connectivity index (χ4v) is 2.76. The van der Waals surface area contributed by atoms with E-state index in [1.54, 1.807) is 23.8 Å². The van der Waals surface area contributed by atoms with Crippen molar-refractivity contribution in [1.29, 1.82) is 0 Å². The number of aromatic nitrogens is 1. The van der Waals surface area contributed by atoms with Crippen LogP contribution in [0.3, 0.4) is 0 Å². The van der Waals surface area contributed by atoms with E-state index in [2.05, 4.69) is 23.3 Å². The Morgan fingerprint density at radius 3 is 2.94 bits per heavy atom. The van der Waals surface area contributed by atoms with Crippen molar-refractivity contribution in [2.45, 2.75) is 13.8 Å². The van der Waals surface area contributed by atoms with Crippen molar-refractivity contribution in [2.75, 3.05) is 5.32 Å². The molecule has 1 aromatic carbocycles. The van der Waals surface area contributed by atoms with Gasteiger partial charge in [-0.15, -0.1) is 11.3 Å². The zero-order valence-electron chi connectivity index (χ0n) is 9.65. The van der Waals surface area contributed by atoms with Crippen LogP contribution in [0.15, 0.2) is 30.7 Å². The fraction of sp³-hybridized carbons (Fsp3) is 0.154. The SMILES string of the molecule is Cc1nc(-c2ccc3c(c2)NC=CO3)c(C)s1. The van der Waals surface area contributed by atoms with E-state index < -0.39 is 0 Å². The summed E-state index contributed by atoms with van der Waals surface area (Å²) in [6.45, 7) is 4.13. The summed E-state index contributed by atoms with van der Waals surface area (Å²) in [7, 11) is 0. The molecule has 1 aromatic heterocycles. The molecule has 0 amide bonds. The Labute approximate surface area is 104 Å². The van der Waals surface area contributed by atoms with Crippen molar-refractivity contribution in [3.63, 3.8) is 0 Å². The van der Waals surface area contributed by atoms with Gasteiger partial charge in [0.05, 0.1) is 16.4 Å². The molecule has 0 aliphatic carbocycles. The number of hydrogen-bond acceptors (Lipinski definition) is 4. The van der Waals surface area contributed by atoms with Crippen molar-refractivity contribution in [2.24, 2.45) is 0 Å². The predicted octanol–water partition coefficient (Wildman–Crippen LogP) is 3.70. The van der Waals surface area contributed by atoms with Crippen molar-refractivity contribution >= 4 is 17.0 Å². The van der Waals surface area contributed by atoms with Gasteiger partial charge in [0.2, 0.25) is 0 Å². The Morgan fingerprint density at radius 2 is 2.18 bits per heavy atom. The lowest BCUT2D eigenvalue weighted by Crippen LogP contribution is -1.99. The lowest BCUT2D eigenvalue weighted by Gasteiger charge is -2.14. The first-order chi connectivity index (χ1) is 8.24. The molecule has 0 radical (unpaired) electrons. The van der Waals surface area contributed by atoms with Crippen LogP contribution in [-0.4, -0.2) is 4.98 Å². The molecule has 4 heteroatoms. The summed E-state index contributed by atoms with van der Waals surface area (Å²) < 4.78 is 5.39. The predicted molar refractivity (Wildman–Crippen MR) is 70.4 cm³/mol. The molecule has 86 valence electrons. The number of benzene rings is 1. The highest BCUT2D eigenvalue weighted by Gasteiger charge is 2.11. The van der Waals surface area contributed by atoms with Gasteiger partial charge in [-0.3, -0.25) is 0 Å². The normalized spacial score (nSPS) is 12.8. The Balaban J connectivity index is 2.08. The Bertz CT molecular complexity index is 601. The molecule has 1 aliphatic rings. The van der Waals surface area contributed by atoms with Crippen LogP contribution >= 0.6 is 11.3 Å². The first kappa shape index (κ1) is 10.4. The van der Waals surface area contributed by atoms with E-state index in [1.165, 1.54) is 4.88 Å². The monoisotopic (exact) mass is 244 g/mol.